The molecule has 0 saturated carbocycles. The molecule has 1 aromatic heterocycles. The normalized spacial score (nSPS) is 13.4. The van der Waals surface area contributed by atoms with Gasteiger partial charge in [0.05, 0.1) is 5.69 Å². The molecule has 0 spiro atoms. The first kappa shape index (κ1) is 31.5. The van der Waals surface area contributed by atoms with Gasteiger partial charge in [0.15, 0.2) is 0 Å². The van der Waals surface area contributed by atoms with Crippen LogP contribution < -0.4 is 4.90 Å². The van der Waals surface area contributed by atoms with Gasteiger partial charge in [-0.05, 0) is 104 Å². The molecule has 0 saturated heterocycles. The monoisotopic (exact) mass is 675 g/mol. The van der Waals surface area contributed by atoms with Gasteiger partial charge in [0.1, 0.15) is 0 Å². The number of fused-ring (bicyclic) bond motifs is 6. The van der Waals surface area contributed by atoms with E-state index in [2.05, 4.69) is 197 Å². The first-order chi connectivity index (χ1) is 24.7. The Morgan fingerprint density at radius 3 is 1.92 bits per heavy atom. The highest BCUT2D eigenvalue weighted by Gasteiger charge is 2.39. The lowest BCUT2D eigenvalue weighted by molar-refractivity contribution is 0.591. The molecule has 1 nitrogen and oxygen atoms in total. The topological polar surface area (TPSA) is 3.24 Å². The fourth-order valence-corrected chi connectivity index (χ4v) is 9.35. The average molecular weight is 676 g/mol. The van der Waals surface area contributed by atoms with Crippen LogP contribution in [-0.4, -0.2) is 0 Å². The minimum absolute atomic E-state index is 0.104. The van der Waals surface area contributed by atoms with Gasteiger partial charge in [-0.3, -0.25) is 0 Å². The summed E-state index contributed by atoms with van der Waals surface area (Å²) in [5.74, 6) is 0. The van der Waals surface area contributed by atoms with Crippen molar-refractivity contribution in [1.29, 1.82) is 0 Å². The summed E-state index contributed by atoms with van der Waals surface area (Å²) in [4.78, 5) is 2.53. The number of anilines is 3. The fraction of sp³-hybridized carbons (Fsp3) is 0.143. The zero-order valence-corrected chi connectivity index (χ0v) is 30.7. The van der Waals surface area contributed by atoms with E-state index in [0.717, 1.165) is 5.69 Å². The van der Waals surface area contributed by atoms with Crippen molar-refractivity contribution >= 4 is 48.6 Å². The number of hydrogen-bond donors (Lipinski definition) is 0. The predicted molar refractivity (Wildman–Crippen MR) is 221 cm³/mol. The number of hydrogen-bond acceptors (Lipinski definition) is 2. The third-order valence-electron chi connectivity index (χ3n) is 10.8. The highest BCUT2D eigenvalue weighted by Crippen LogP contribution is 2.55. The molecule has 0 aliphatic heterocycles. The zero-order valence-electron chi connectivity index (χ0n) is 29.9. The lowest BCUT2D eigenvalue weighted by atomic mass is 9.80. The summed E-state index contributed by atoms with van der Waals surface area (Å²) in [7, 11) is 0. The molecule has 1 heterocycles. The molecule has 2 heteroatoms. The van der Waals surface area contributed by atoms with Crippen molar-refractivity contribution in [2.24, 2.45) is 0 Å². The van der Waals surface area contributed by atoms with Gasteiger partial charge >= 0.3 is 0 Å². The van der Waals surface area contributed by atoms with Crippen LogP contribution in [0.1, 0.15) is 51.3 Å². The van der Waals surface area contributed by atoms with E-state index in [-0.39, 0.29) is 10.8 Å². The smallest absolute Gasteiger partial charge is 0.0508 e. The lowest BCUT2D eigenvalue weighted by Gasteiger charge is -2.36. The Labute approximate surface area is 305 Å². The van der Waals surface area contributed by atoms with Crippen molar-refractivity contribution < 1.29 is 0 Å². The van der Waals surface area contributed by atoms with Crippen molar-refractivity contribution in [3.05, 3.63) is 174 Å². The lowest BCUT2D eigenvalue weighted by Crippen LogP contribution is -2.23. The SMILES string of the molecule is CC(C)(C)c1cc(-c2ccccc2)ccc1N(c1ccc(-c2ccc3sc4ccccc4c3c2)cc1)c1cccc2c1C(C)(C)c1ccccc1-2. The van der Waals surface area contributed by atoms with E-state index in [1.165, 1.54) is 81.6 Å². The Hall–Kier alpha value is -5.44. The quantitative estimate of drug-likeness (QED) is 0.175. The van der Waals surface area contributed by atoms with Gasteiger partial charge < -0.3 is 4.90 Å². The van der Waals surface area contributed by atoms with Crippen LogP contribution in [0.15, 0.2) is 158 Å². The molecule has 0 radical (unpaired) electrons. The molecular weight excluding hydrogens is 635 g/mol. The first-order valence-corrected chi connectivity index (χ1v) is 18.8. The molecule has 0 unspecified atom stereocenters. The van der Waals surface area contributed by atoms with E-state index in [1.807, 2.05) is 11.3 Å². The van der Waals surface area contributed by atoms with Crippen LogP contribution in [0.25, 0.3) is 53.6 Å². The van der Waals surface area contributed by atoms with Gasteiger partial charge in [0, 0.05) is 37.0 Å². The molecule has 7 aromatic carbocycles. The molecule has 8 aromatic rings. The zero-order chi connectivity index (χ0) is 34.9. The predicted octanol–water partition coefficient (Wildman–Crippen LogP) is 14.5. The first-order valence-electron chi connectivity index (χ1n) is 17.9. The maximum atomic E-state index is 2.53. The third-order valence-corrected chi connectivity index (χ3v) is 11.9. The van der Waals surface area contributed by atoms with Gasteiger partial charge in [-0.2, -0.15) is 0 Å². The second kappa shape index (κ2) is 11.8. The van der Waals surface area contributed by atoms with Gasteiger partial charge in [0.25, 0.3) is 0 Å². The summed E-state index contributed by atoms with van der Waals surface area (Å²) in [6.45, 7) is 11.8. The molecule has 1 aliphatic carbocycles. The van der Waals surface area contributed by atoms with E-state index in [1.54, 1.807) is 0 Å². The number of nitrogens with zero attached hydrogens (tertiary/aromatic N) is 1. The Morgan fingerprint density at radius 1 is 0.490 bits per heavy atom. The van der Waals surface area contributed by atoms with Crippen molar-refractivity contribution in [3.8, 4) is 33.4 Å². The number of rotatable bonds is 5. The molecule has 9 rings (SSSR count). The summed E-state index contributed by atoms with van der Waals surface area (Å²) in [6.07, 6.45) is 0. The van der Waals surface area contributed by atoms with Crippen LogP contribution >= 0.6 is 11.3 Å². The molecule has 0 fully saturated rings. The Kier molecular flexibility index (Phi) is 7.31. The second-order valence-corrected chi connectivity index (χ2v) is 16.5. The maximum absolute atomic E-state index is 2.53. The van der Waals surface area contributed by atoms with E-state index in [0.29, 0.717) is 0 Å². The summed E-state index contributed by atoms with van der Waals surface area (Å²) in [5, 5.41) is 2.66. The Balaban J connectivity index is 1.24. The number of benzene rings is 7. The summed E-state index contributed by atoms with van der Waals surface area (Å²) < 4.78 is 2.67. The molecule has 0 bridgehead atoms. The number of thiophene rings is 1. The molecule has 1 aliphatic rings. The van der Waals surface area contributed by atoms with E-state index >= 15 is 0 Å². The standard InChI is InChI=1S/C49H41NS/c1-48(2,3)42-31-35(32-14-7-6-8-15-32)24-28-43(42)50(44-20-13-18-39-37-16-9-11-19-41(37)49(4,5)47(39)44)36-26-22-33(23-27-36)34-25-29-46-40(30-34)38-17-10-12-21-45(38)51-46/h6-31H,1-5H3. The van der Waals surface area contributed by atoms with Crippen molar-refractivity contribution in [2.75, 3.05) is 4.90 Å². The average Bonchev–Trinajstić information content (AvgIpc) is 3.64. The Morgan fingerprint density at radius 2 is 1.12 bits per heavy atom. The van der Waals surface area contributed by atoms with Crippen molar-refractivity contribution in [1.82, 2.24) is 0 Å². The fourth-order valence-electron chi connectivity index (χ4n) is 8.26. The van der Waals surface area contributed by atoms with Crippen LogP contribution in [-0.2, 0) is 10.8 Å². The van der Waals surface area contributed by atoms with Gasteiger partial charge in [-0.15, -0.1) is 11.3 Å². The minimum Gasteiger partial charge on any atom is -0.310 e. The highest BCUT2D eigenvalue weighted by molar-refractivity contribution is 7.25. The highest BCUT2D eigenvalue weighted by atomic mass is 32.1. The Bertz CT molecular complexity index is 2580. The summed E-state index contributed by atoms with van der Waals surface area (Å²) in [5.41, 5.74) is 15.0. The van der Waals surface area contributed by atoms with Crippen LogP contribution in [0, 0.1) is 0 Å². The molecular formula is C49H41NS. The molecule has 0 atom stereocenters. The van der Waals surface area contributed by atoms with Crippen LogP contribution in [0.2, 0.25) is 0 Å². The molecule has 0 N–H and O–H groups in total. The third kappa shape index (κ3) is 5.20. The van der Waals surface area contributed by atoms with Crippen LogP contribution in [0.3, 0.4) is 0 Å². The van der Waals surface area contributed by atoms with Crippen molar-refractivity contribution in [3.63, 3.8) is 0 Å². The van der Waals surface area contributed by atoms with E-state index < -0.39 is 0 Å². The van der Waals surface area contributed by atoms with E-state index in [9.17, 15) is 0 Å². The summed E-state index contributed by atoms with van der Waals surface area (Å²) >= 11 is 1.87. The maximum Gasteiger partial charge on any atom is 0.0508 e. The second-order valence-electron chi connectivity index (χ2n) is 15.4. The molecule has 248 valence electrons. The largest absolute Gasteiger partial charge is 0.310 e. The molecule has 0 amide bonds. The van der Waals surface area contributed by atoms with Crippen LogP contribution in [0.4, 0.5) is 17.1 Å². The summed E-state index contributed by atoms with van der Waals surface area (Å²) in [6, 6.07) is 58.5. The van der Waals surface area contributed by atoms with E-state index in [4.69, 9.17) is 0 Å². The minimum atomic E-state index is -0.161. The van der Waals surface area contributed by atoms with Gasteiger partial charge in [-0.25, -0.2) is 0 Å². The van der Waals surface area contributed by atoms with Crippen LogP contribution in [0.5, 0.6) is 0 Å². The molecule has 51 heavy (non-hydrogen) atoms. The van der Waals surface area contributed by atoms with Crippen molar-refractivity contribution in [2.45, 2.75) is 45.4 Å². The van der Waals surface area contributed by atoms with Gasteiger partial charge in [-0.1, -0.05) is 144 Å². The van der Waals surface area contributed by atoms with Gasteiger partial charge in [0.2, 0.25) is 0 Å².